The van der Waals surface area contributed by atoms with E-state index in [1.54, 1.807) is 0 Å². The van der Waals surface area contributed by atoms with Crippen LogP contribution in [0, 0.1) is 11.3 Å². The van der Waals surface area contributed by atoms with Crippen molar-refractivity contribution in [2.45, 2.75) is 6.42 Å². The van der Waals surface area contributed by atoms with Crippen LogP contribution in [-0.4, -0.2) is 35.6 Å². The van der Waals surface area contributed by atoms with Crippen LogP contribution in [0.4, 0.5) is 10.5 Å². The number of carbonyl (C=O) groups is 2. The number of rotatable bonds is 4. The van der Waals surface area contributed by atoms with Crippen molar-refractivity contribution in [2.24, 2.45) is 0 Å². The van der Waals surface area contributed by atoms with Gasteiger partial charge in [0.1, 0.15) is 0 Å². The van der Waals surface area contributed by atoms with Gasteiger partial charge in [-0.1, -0.05) is 11.6 Å². The Morgan fingerprint density at radius 2 is 2.21 bits per heavy atom. The molecule has 0 aliphatic heterocycles. The second-order valence-electron chi connectivity index (χ2n) is 3.80. The molecule has 7 heteroatoms. The summed E-state index contributed by atoms with van der Waals surface area (Å²) in [6, 6.07) is 5.94. The van der Waals surface area contributed by atoms with Crippen molar-refractivity contribution in [1.29, 1.82) is 5.26 Å². The van der Waals surface area contributed by atoms with E-state index in [-0.39, 0.29) is 13.0 Å². The maximum atomic E-state index is 11.8. The second kappa shape index (κ2) is 6.61. The molecule has 2 amide bonds. The largest absolute Gasteiger partial charge is 0.481 e. The highest BCUT2D eigenvalue weighted by atomic mass is 35.5. The number of carbonyl (C=O) groups excluding carboxylic acids is 1. The number of hydrogen-bond donors (Lipinski definition) is 2. The minimum atomic E-state index is -0.982. The summed E-state index contributed by atoms with van der Waals surface area (Å²) < 4.78 is 0. The Morgan fingerprint density at radius 3 is 2.79 bits per heavy atom. The van der Waals surface area contributed by atoms with Gasteiger partial charge in [0.15, 0.2) is 0 Å². The number of benzene rings is 1. The lowest BCUT2D eigenvalue weighted by Crippen LogP contribution is -2.33. The van der Waals surface area contributed by atoms with E-state index in [0.29, 0.717) is 16.3 Å². The highest BCUT2D eigenvalue weighted by Gasteiger charge is 2.12. The molecule has 19 heavy (non-hydrogen) atoms. The lowest BCUT2D eigenvalue weighted by atomic mass is 10.2. The molecule has 1 aromatic carbocycles. The summed E-state index contributed by atoms with van der Waals surface area (Å²) in [5, 5.41) is 20.1. The summed E-state index contributed by atoms with van der Waals surface area (Å²) in [5.41, 5.74) is 0.681. The molecule has 0 aliphatic rings. The third-order valence-corrected chi connectivity index (χ3v) is 2.67. The Labute approximate surface area is 115 Å². The summed E-state index contributed by atoms with van der Waals surface area (Å²) in [7, 11) is 1.47. The fraction of sp³-hybridized carbons (Fsp3) is 0.250. The topological polar surface area (TPSA) is 93.4 Å². The molecular formula is C12H12ClN3O3. The fourth-order valence-corrected chi connectivity index (χ4v) is 1.43. The standard InChI is InChI=1S/C12H12ClN3O3/c1-16(5-4-11(17)18)12(19)15-10-6-8(7-14)2-3-9(10)13/h2-3,6H,4-5H2,1H3,(H,15,19)(H,17,18). The number of halogens is 1. The number of carboxylic acid groups (broad SMARTS) is 1. The van der Waals surface area contributed by atoms with Crippen LogP contribution in [0.15, 0.2) is 18.2 Å². The van der Waals surface area contributed by atoms with Crippen molar-refractivity contribution < 1.29 is 14.7 Å². The van der Waals surface area contributed by atoms with E-state index in [2.05, 4.69) is 5.32 Å². The van der Waals surface area contributed by atoms with Crippen LogP contribution in [0.5, 0.6) is 0 Å². The van der Waals surface area contributed by atoms with Crippen LogP contribution in [-0.2, 0) is 4.79 Å². The Bertz CT molecular complexity index is 540. The molecule has 0 saturated heterocycles. The number of aliphatic carboxylic acids is 1. The summed E-state index contributed by atoms with van der Waals surface area (Å²) in [4.78, 5) is 23.4. The number of nitriles is 1. The van der Waals surface area contributed by atoms with Gasteiger partial charge < -0.3 is 15.3 Å². The van der Waals surface area contributed by atoms with Gasteiger partial charge in [-0.05, 0) is 18.2 Å². The van der Waals surface area contributed by atoms with Gasteiger partial charge in [0.25, 0.3) is 0 Å². The van der Waals surface area contributed by atoms with Crippen LogP contribution in [0.25, 0.3) is 0 Å². The van der Waals surface area contributed by atoms with Crippen LogP contribution in [0.3, 0.4) is 0 Å². The quantitative estimate of drug-likeness (QED) is 0.884. The van der Waals surface area contributed by atoms with Crippen molar-refractivity contribution >= 4 is 29.3 Å². The van der Waals surface area contributed by atoms with E-state index in [1.165, 1.54) is 30.1 Å². The summed E-state index contributed by atoms with van der Waals surface area (Å²) in [6.07, 6.45) is -0.143. The minimum absolute atomic E-state index is 0.0801. The molecule has 6 nitrogen and oxygen atoms in total. The van der Waals surface area contributed by atoms with Gasteiger partial charge in [-0.3, -0.25) is 4.79 Å². The lowest BCUT2D eigenvalue weighted by molar-refractivity contribution is -0.137. The van der Waals surface area contributed by atoms with Gasteiger partial charge >= 0.3 is 12.0 Å². The molecule has 0 spiro atoms. The fourth-order valence-electron chi connectivity index (χ4n) is 1.27. The molecule has 0 fully saturated rings. The molecule has 100 valence electrons. The molecule has 0 saturated carbocycles. The number of nitrogens with one attached hydrogen (secondary N) is 1. The van der Waals surface area contributed by atoms with Gasteiger partial charge in [0.2, 0.25) is 0 Å². The molecule has 0 atom stereocenters. The Morgan fingerprint density at radius 1 is 1.53 bits per heavy atom. The maximum Gasteiger partial charge on any atom is 0.321 e. The highest BCUT2D eigenvalue weighted by molar-refractivity contribution is 6.33. The van der Waals surface area contributed by atoms with Crippen molar-refractivity contribution in [2.75, 3.05) is 18.9 Å². The average Bonchev–Trinajstić information content (AvgIpc) is 2.38. The van der Waals surface area contributed by atoms with E-state index >= 15 is 0 Å². The highest BCUT2D eigenvalue weighted by Crippen LogP contribution is 2.23. The maximum absolute atomic E-state index is 11.8. The smallest absolute Gasteiger partial charge is 0.321 e. The first-order valence-corrected chi connectivity index (χ1v) is 5.75. The van der Waals surface area contributed by atoms with Gasteiger partial charge in [0.05, 0.1) is 28.8 Å². The summed E-state index contributed by atoms with van der Waals surface area (Å²) in [6.45, 7) is 0.0801. The SMILES string of the molecule is CN(CCC(=O)O)C(=O)Nc1cc(C#N)ccc1Cl. The van der Waals surface area contributed by atoms with Gasteiger partial charge in [-0.2, -0.15) is 5.26 Å². The summed E-state index contributed by atoms with van der Waals surface area (Å²) in [5.74, 6) is -0.982. The van der Waals surface area contributed by atoms with Crippen LogP contribution >= 0.6 is 11.6 Å². The number of urea groups is 1. The molecule has 2 N–H and O–H groups in total. The zero-order valence-electron chi connectivity index (χ0n) is 10.2. The molecule has 0 aliphatic carbocycles. The van der Waals surface area contributed by atoms with E-state index < -0.39 is 12.0 Å². The first-order chi connectivity index (χ1) is 8.93. The van der Waals surface area contributed by atoms with E-state index in [1.807, 2.05) is 6.07 Å². The second-order valence-corrected chi connectivity index (χ2v) is 4.21. The monoisotopic (exact) mass is 281 g/mol. The zero-order valence-corrected chi connectivity index (χ0v) is 10.9. The number of carboxylic acids is 1. The molecule has 0 unspecified atom stereocenters. The predicted octanol–water partition coefficient (Wildman–Crippen LogP) is 2.15. The number of anilines is 1. The van der Waals surface area contributed by atoms with Crippen LogP contribution in [0.1, 0.15) is 12.0 Å². The normalized spacial score (nSPS) is 9.53. The van der Waals surface area contributed by atoms with E-state index in [0.717, 1.165) is 0 Å². The minimum Gasteiger partial charge on any atom is -0.481 e. The third kappa shape index (κ3) is 4.48. The molecule has 0 heterocycles. The molecule has 0 bridgehead atoms. The first kappa shape index (κ1) is 14.8. The van der Waals surface area contributed by atoms with Gasteiger partial charge in [-0.25, -0.2) is 4.79 Å². The van der Waals surface area contributed by atoms with Crippen LogP contribution in [0.2, 0.25) is 5.02 Å². The predicted molar refractivity (Wildman–Crippen MR) is 70.1 cm³/mol. The van der Waals surface area contributed by atoms with E-state index in [4.69, 9.17) is 22.0 Å². The number of nitrogens with zero attached hydrogens (tertiary/aromatic N) is 2. The van der Waals surface area contributed by atoms with Crippen molar-refractivity contribution in [3.05, 3.63) is 28.8 Å². The molecule has 1 rings (SSSR count). The number of hydrogen-bond acceptors (Lipinski definition) is 3. The summed E-state index contributed by atoms with van der Waals surface area (Å²) >= 11 is 5.89. The van der Waals surface area contributed by atoms with E-state index in [9.17, 15) is 9.59 Å². The van der Waals surface area contributed by atoms with Crippen LogP contribution < -0.4 is 5.32 Å². The van der Waals surface area contributed by atoms with Gasteiger partial charge in [-0.15, -0.1) is 0 Å². The molecular weight excluding hydrogens is 270 g/mol. The molecule has 1 aromatic rings. The van der Waals surface area contributed by atoms with Crippen molar-refractivity contribution in [3.8, 4) is 6.07 Å². The van der Waals surface area contributed by atoms with Crippen molar-refractivity contribution in [1.82, 2.24) is 4.90 Å². The van der Waals surface area contributed by atoms with Crippen molar-refractivity contribution in [3.63, 3.8) is 0 Å². The van der Waals surface area contributed by atoms with Gasteiger partial charge in [0, 0.05) is 13.6 Å². The number of amides is 2. The Balaban J connectivity index is 2.71. The molecule has 0 aromatic heterocycles. The Hall–Kier alpha value is -2.26. The zero-order chi connectivity index (χ0) is 14.4. The third-order valence-electron chi connectivity index (χ3n) is 2.34. The lowest BCUT2D eigenvalue weighted by Gasteiger charge is -2.17. The Kier molecular flexibility index (Phi) is 5.15. The average molecular weight is 282 g/mol. The first-order valence-electron chi connectivity index (χ1n) is 5.37. The molecule has 0 radical (unpaired) electrons.